The van der Waals surface area contributed by atoms with Gasteiger partial charge in [0, 0.05) is 14.0 Å². The zero-order valence-corrected chi connectivity index (χ0v) is 6.60. The lowest BCUT2D eigenvalue weighted by molar-refractivity contribution is -0.137. The number of amides is 2. The minimum absolute atomic E-state index is 0.141. The van der Waals surface area contributed by atoms with Crippen molar-refractivity contribution in [2.24, 2.45) is 0 Å². The smallest absolute Gasteiger partial charge is 0.253 e. The quantitative estimate of drug-likeness (QED) is 0.429. The summed E-state index contributed by atoms with van der Waals surface area (Å²) in [6, 6.07) is 0. The average molecular weight is 165 g/mol. The van der Waals surface area contributed by atoms with E-state index in [1.165, 1.54) is 14.0 Å². The predicted octanol–water partition coefficient (Wildman–Crippen LogP) is -0.265. The fourth-order valence-electron chi connectivity index (χ4n) is 0.296. The van der Waals surface area contributed by atoms with Gasteiger partial charge < -0.3 is 0 Å². The van der Waals surface area contributed by atoms with Gasteiger partial charge in [-0.2, -0.15) is 0 Å². The van der Waals surface area contributed by atoms with Crippen LogP contribution < -0.4 is 5.43 Å². The monoisotopic (exact) mass is 164 g/mol. The zero-order chi connectivity index (χ0) is 8.15. The molecule has 0 unspecified atom stereocenters. The maximum Gasteiger partial charge on any atom is 0.253 e. The van der Waals surface area contributed by atoms with E-state index in [1.807, 2.05) is 0 Å². The van der Waals surface area contributed by atoms with E-state index >= 15 is 0 Å². The number of nitrogens with one attached hydrogen (secondary N) is 1. The maximum absolute atomic E-state index is 10.5. The molecule has 0 atom stereocenters. The van der Waals surface area contributed by atoms with Crippen molar-refractivity contribution in [2.45, 2.75) is 6.92 Å². The van der Waals surface area contributed by atoms with Gasteiger partial charge in [0.2, 0.25) is 5.91 Å². The molecule has 5 heteroatoms. The second kappa shape index (κ2) is 4.11. The van der Waals surface area contributed by atoms with Crippen LogP contribution in [0.3, 0.4) is 0 Å². The lowest BCUT2D eigenvalue weighted by Crippen LogP contribution is -2.42. The molecule has 0 aromatic carbocycles. The summed E-state index contributed by atoms with van der Waals surface area (Å²) in [5.74, 6) is -0.768. The van der Waals surface area contributed by atoms with Gasteiger partial charge in [0.1, 0.15) is 5.88 Å². The topological polar surface area (TPSA) is 49.4 Å². The van der Waals surface area contributed by atoms with E-state index in [2.05, 4.69) is 5.43 Å². The molecule has 0 radical (unpaired) electrons. The molecule has 0 spiro atoms. The number of hydrogen-bond donors (Lipinski definition) is 1. The zero-order valence-electron chi connectivity index (χ0n) is 5.85. The first-order valence-corrected chi connectivity index (χ1v) is 3.21. The molecule has 0 aliphatic rings. The van der Waals surface area contributed by atoms with Crippen LogP contribution >= 0.6 is 11.6 Å². The van der Waals surface area contributed by atoms with E-state index < -0.39 is 0 Å². The van der Waals surface area contributed by atoms with Crippen LogP contribution in [0.15, 0.2) is 0 Å². The summed E-state index contributed by atoms with van der Waals surface area (Å²) in [7, 11) is 1.45. The Kier molecular flexibility index (Phi) is 3.79. The third-order valence-electron chi connectivity index (χ3n) is 0.886. The van der Waals surface area contributed by atoms with Gasteiger partial charge in [-0.25, -0.2) is 0 Å². The summed E-state index contributed by atoms with van der Waals surface area (Å²) in [5, 5.41) is 1.07. The van der Waals surface area contributed by atoms with Crippen LogP contribution in [0.4, 0.5) is 0 Å². The molecule has 58 valence electrons. The Morgan fingerprint density at radius 2 is 2.10 bits per heavy atom. The van der Waals surface area contributed by atoms with Gasteiger partial charge in [0.25, 0.3) is 5.91 Å². The number of rotatable bonds is 1. The molecule has 1 N–H and O–H groups in total. The highest BCUT2D eigenvalue weighted by Crippen LogP contribution is 1.79. The molecule has 10 heavy (non-hydrogen) atoms. The van der Waals surface area contributed by atoms with Crippen LogP contribution in [0.5, 0.6) is 0 Å². The number of halogens is 1. The SMILES string of the molecule is CC(=O)N(C)NC(=O)CCl. The predicted molar refractivity (Wildman–Crippen MR) is 37.3 cm³/mol. The first-order valence-electron chi connectivity index (χ1n) is 2.67. The van der Waals surface area contributed by atoms with Crippen LogP contribution in [0.1, 0.15) is 6.92 Å². The van der Waals surface area contributed by atoms with Gasteiger partial charge in [-0.05, 0) is 0 Å². The summed E-state index contributed by atoms with van der Waals surface area (Å²) in [6.45, 7) is 1.34. The standard InChI is InChI=1S/C5H9ClN2O2/c1-4(9)8(2)7-5(10)3-6/h3H2,1-2H3,(H,7,10). The van der Waals surface area contributed by atoms with E-state index in [4.69, 9.17) is 11.6 Å². The number of alkyl halides is 1. The third-order valence-corrected chi connectivity index (χ3v) is 1.13. The number of carbonyl (C=O) groups is 2. The molecule has 0 aliphatic heterocycles. The minimum atomic E-state index is -0.389. The summed E-state index contributed by atoms with van der Waals surface area (Å²) in [4.78, 5) is 21.0. The summed E-state index contributed by atoms with van der Waals surface area (Å²) in [5.41, 5.74) is 2.24. The van der Waals surface area contributed by atoms with Gasteiger partial charge in [-0.1, -0.05) is 0 Å². The molecule has 4 nitrogen and oxygen atoms in total. The molecule has 0 bridgehead atoms. The van der Waals surface area contributed by atoms with Crippen molar-refractivity contribution >= 4 is 23.4 Å². The van der Waals surface area contributed by atoms with E-state index in [1.54, 1.807) is 0 Å². The van der Waals surface area contributed by atoms with Crippen LogP contribution in [-0.4, -0.2) is 29.8 Å². The Hall–Kier alpha value is -0.770. The molecule has 0 aliphatic carbocycles. The first-order chi connectivity index (χ1) is 4.57. The third kappa shape index (κ3) is 3.29. The Morgan fingerprint density at radius 1 is 1.60 bits per heavy atom. The number of hydrogen-bond acceptors (Lipinski definition) is 2. The molecular formula is C5H9ClN2O2. The molecular weight excluding hydrogens is 156 g/mol. The van der Waals surface area contributed by atoms with Gasteiger partial charge in [0.15, 0.2) is 0 Å². The van der Waals surface area contributed by atoms with Crippen molar-refractivity contribution in [3.05, 3.63) is 0 Å². The summed E-state index contributed by atoms with van der Waals surface area (Å²) in [6.07, 6.45) is 0. The van der Waals surface area contributed by atoms with Gasteiger partial charge >= 0.3 is 0 Å². The van der Waals surface area contributed by atoms with Crippen LogP contribution in [0.25, 0.3) is 0 Å². The van der Waals surface area contributed by atoms with E-state index in [9.17, 15) is 9.59 Å². The van der Waals surface area contributed by atoms with Crippen molar-refractivity contribution in [2.75, 3.05) is 12.9 Å². The molecule has 2 amide bonds. The maximum atomic E-state index is 10.5. The van der Waals surface area contributed by atoms with Crippen molar-refractivity contribution in [3.63, 3.8) is 0 Å². The molecule has 0 aromatic heterocycles. The Labute approximate surface area is 64.1 Å². The molecule has 0 heterocycles. The van der Waals surface area contributed by atoms with Crippen molar-refractivity contribution in [3.8, 4) is 0 Å². The normalized spacial score (nSPS) is 8.70. The highest BCUT2D eigenvalue weighted by molar-refractivity contribution is 6.27. The van der Waals surface area contributed by atoms with Crippen molar-refractivity contribution < 1.29 is 9.59 Å². The Bertz CT molecular complexity index is 149. The molecule has 0 saturated carbocycles. The molecule has 0 aromatic rings. The molecule has 0 rings (SSSR count). The van der Waals surface area contributed by atoms with Crippen LogP contribution in [-0.2, 0) is 9.59 Å². The second-order valence-corrected chi connectivity index (χ2v) is 2.01. The molecule has 0 fully saturated rings. The first kappa shape index (κ1) is 9.23. The van der Waals surface area contributed by atoms with Crippen LogP contribution in [0, 0.1) is 0 Å². The highest BCUT2D eigenvalue weighted by Gasteiger charge is 2.04. The summed E-state index contributed by atoms with van der Waals surface area (Å²) >= 11 is 5.15. The Morgan fingerprint density at radius 3 is 2.40 bits per heavy atom. The van der Waals surface area contributed by atoms with Crippen molar-refractivity contribution in [1.29, 1.82) is 0 Å². The number of nitrogens with zero attached hydrogens (tertiary/aromatic N) is 1. The minimum Gasteiger partial charge on any atom is -0.273 e. The highest BCUT2D eigenvalue weighted by atomic mass is 35.5. The fraction of sp³-hybridized carbons (Fsp3) is 0.600. The van der Waals surface area contributed by atoms with E-state index in [0.29, 0.717) is 0 Å². The van der Waals surface area contributed by atoms with Crippen LogP contribution in [0.2, 0.25) is 0 Å². The Balaban J connectivity index is 3.68. The largest absolute Gasteiger partial charge is 0.273 e. The lowest BCUT2D eigenvalue weighted by atomic mass is 10.7. The molecule has 0 saturated heterocycles. The fourth-order valence-corrected chi connectivity index (χ4v) is 0.355. The van der Waals surface area contributed by atoms with Gasteiger partial charge in [-0.15, -0.1) is 11.6 Å². The second-order valence-electron chi connectivity index (χ2n) is 1.75. The number of hydrazine groups is 1. The lowest BCUT2D eigenvalue weighted by Gasteiger charge is -2.14. The van der Waals surface area contributed by atoms with Gasteiger partial charge in [-0.3, -0.25) is 20.0 Å². The summed E-state index contributed by atoms with van der Waals surface area (Å²) < 4.78 is 0. The average Bonchev–Trinajstić information content (AvgIpc) is 1.87. The van der Waals surface area contributed by atoms with Gasteiger partial charge in [0.05, 0.1) is 0 Å². The number of carbonyl (C=O) groups excluding carboxylic acids is 2. The van der Waals surface area contributed by atoms with Crippen molar-refractivity contribution in [1.82, 2.24) is 10.4 Å². The van der Waals surface area contributed by atoms with E-state index in [-0.39, 0.29) is 17.7 Å². The van der Waals surface area contributed by atoms with E-state index in [0.717, 1.165) is 5.01 Å².